The fourth-order valence-corrected chi connectivity index (χ4v) is 1.53. The van der Waals surface area contributed by atoms with Crippen LogP contribution in [0.5, 0.6) is 5.75 Å². The molecule has 7 nitrogen and oxygen atoms in total. The molecule has 0 fully saturated rings. The highest BCUT2D eigenvalue weighted by Gasteiger charge is 2.07. The number of ether oxygens (including phenoxy) is 1. The number of amides is 2. The van der Waals surface area contributed by atoms with Crippen LogP contribution in [0.2, 0.25) is 0 Å². The molecule has 0 aliphatic carbocycles. The Morgan fingerprint density at radius 2 is 1.67 bits per heavy atom. The first kappa shape index (κ1) is 16.5. The maximum absolute atomic E-state index is 11.8. The van der Waals surface area contributed by atoms with Crippen molar-refractivity contribution in [3.05, 3.63) is 29.8 Å². The van der Waals surface area contributed by atoms with Gasteiger partial charge in [-0.3, -0.25) is 14.4 Å². The minimum Gasteiger partial charge on any atom is -0.497 e. The summed E-state index contributed by atoms with van der Waals surface area (Å²) in [5.74, 6) is -0.894. The molecule has 1 aromatic carbocycles. The number of carbonyl (C=O) groups excluding carboxylic acids is 2. The van der Waals surface area contributed by atoms with Gasteiger partial charge in [-0.2, -0.15) is 0 Å². The summed E-state index contributed by atoms with van der Waals surface area (Å²) in [4.78, 5) is 33.4. The van der Waals surface area contributed by atoms with Gasteiger partial charge in [0.25, 0.3) is 5.91 Å². The second-order valence-corrected chi connectivity index (χ2v) is 4.23. The number of rotatable bonds is 8. The van der Waals surface area contributed by atoms with Crippen LogP contribution < -0.4 is 15.4 Å². The van der Waals surface area contributed by atoms with Crippen LogP contribution in [0.1, 0.15) is 23.2 Å². The van der Waals surface area contributed by atoms with E-state index in [0.29, 0.717) is 11.3 Å². The van der Waals surface area contributed by atoms with Crippen molar-refractivity contribution in [3.8, 4) is 5.75 Å². The Morgan fingerprint density at radius 1 is 1.05 bits per heavy atom. The standard InChI is InChI=1S/C14H18N2O5/c1-21-11-4-2-10(3-5-11)14(20)16-8-6-12(17)15-9-7-13(18)19/h2-5H,6-9H2,1H3,(H,15,17)(H,16,20)(H,18,19). The van der Waals surface area contributed by atoms with E-state index in [-0.39, 0.29) is 37.7 Å². The molecule has 0 heterocycles. The second-order valence-electron chi connectivity index (χ2n) is 4.23. The summed E-state index contributed by atoms with van der Waals surface area (Å²) in [6.07, 6.45) is -0.0224. The Bertz CT molecular complexity index is 499. The minimum atomic E-state index is -0.969. The van der Waals surface area contributed by atoms with Crippen molar-refractivity contribution in [1.82, 2.24) is 10.6 Å². The SMILES string of the molecule is COc1ccc(C(=O)NCCC(=O)NCCC(=O)O)cc1. The molecule has 0 saturated carbocycles. The summed E-state index contributed by atoms with van der Waals surface area (Å²) in [6.45, 7) is 0.268. The number of methoxy groups -OCH3 is 1. The van der Waals surface area contributed by atoms with Crippen molar-refractivity contribution in [2.24, 2.45) is 0 Å². The number of carboxylic acid groups (broad SMARTS) is 1. The Hall–Kier alpha value is -2.57. The highest BCUT2D eigenvalue weighted by molar-refractivity contribution is 5.94. The summed E-state index contributed by atoms with van der Waals surface area (Å²) in [5, 5.41) is 13.5. The summed E-state index contributed by atoms with van der Waals surface area (Å²) >= 11 is 0. The van der Waals surface area contributed by atoms with Gasteiger partial charge in [-0.05, 0) is 24.3 Å². The Morgan fingerprint density at radius 3 is 2.24 bits per heavy atom. The predicted molar refractivity (Wildman–Crippen MR) is 75.2 cm³/mol. The third-order valence-electron chi connectivity index (χ3n) is 2.65. The summed E-state index contributed by atoms with van der Waals surface area (Å²) in [5.41, 5.74) is 0.474. The fourth-order valence-electron chi connectivity index (χ4n) is 1.53. The molecule has 2 amide bonds. The monoisotopic (exact) mass is 294 g/mol. The van der Waals surface area contributed by atoms with Crippen molar-refractivity contribution < 1.29 is 24.2 Å². The molecule has 3 N–H and O–H groups in total. The van der Waals surface area contributed by atoms with Crippen LogP contribution in [-0.2, 0) is 9.59 Å². The van der Waals surface area contributed by atoms with E-state index in [2.05, 4.69) is 10.6 Å². The van der Waals surface area contributed by atoms with Crippen molar-refractivity contribution in [1.29, 1.82) is 0 Å². The van der Waals surface area contributed by atoms with E-state index < -0.39 is 5.97 Å². The lowest BCUT2D eigenvalue weighted by atomic mass is 10.2. The quantitative estimate of drug-likeness (QED) is 0.644. The zero-order chi connectivity index (χ0) is 15.7. The van der Waals surface area contributed by atoms with Gasteiger partial charge in [0.2, 0.25) is 5.91 Å². The van der Waals surface area contributed by atoms with Crippen LogP contribution in [0, 0.1) is 0 Å². The molecule has 114 valence electrons. The molecule has 0 aliphatic heterocycles. The van der Waals surface area contributed by atoms with Gasteiger partial charge < -0.3 is 20.5 Å². The van der Waals surface area contributed by atoms with E-state index in [1.165, 1.54) is 7.11 Å². The van der Waals surface area contributed by atoms with Crippen LogP contribution in [-0.4, -0.2) is 43.1 Å². The van der Waals surface area contributed by atoms with Crippen LogP contribution in [0.15, 0.2) is 24.3 Å². The maximum Gasteiger partial charge on any atom is 0.305 e. The van der Waals surface area contributed by atoms with E-state index in [4.69, 9.17) is 9.84 Å². The van der Waals surface area contributed by atoms with Crippen molar-refractivity contribution in [2.75, 3.05) is 20.2 Å². The van der Waals surface area contributed by atoms with E-state index in [1.807, 2.05) is 0 Å². The number of hydrogen-bond acceptors (Lipinski definition) is 4. The lowest BCUT2D eigenvalue weighted by Crippen LogP contribution is -2.31. The largest absolute Gasteiger partial charge is 0.497 e. The molecule has 1 rings (SSSR count). The minimum absolute atomic E-state index is 0.0839. The first-order chi connectivity index (χ1) is 10.0. The molecule has 0 spiro atoms. The Balaban J connectivity index is 2.26. The van der Waals surface area contributed by atoms with Gasteiger partial charge in [-0.15, -0.1) is 0 Å². The molecule has 1 aromatic rings. The van der Waals surface area contributed by atoms with Gasteiger partial charge in [0, 0.05) is 25.1 Å². The van der Waals surface area contributed by atoms with Gasteiger partial charge in [-0.1, -0.05) is 0 Å². The van der Waals surface area contributed by atoms with E-state index in [0.717, 1.165) is 0 Å². The molecule has 0 radical (unpaired) electrons. The van der Waals surface area contributed by atoms with Gasteiger partial charge >= 0.3 is 5.97 Å². The number of hydrogen-bond donors (Lipinski definition) is 3. The molecule has 0 saturated heterocycles. The van der Waals surface area contributed by atoms with Crippen LogP contribution >= 0.6 is 0 Å². The van der Waals surface area contributed by atoms with Crippen LogP contribution in [0.4, 0.5) is 0 Å². The third-order valence-corrected chi connectivity index (χ3v) is 2.65. The van der Waals surface area contributed by atoms with E-state index in [1.54, 1.807) is 24.3 Å². The molecule has 0 unspecified atom stereocenters. The summed E-state index contributed by atoms with van der Waals surface area (Å²) in [7, 11) is 1.54. The zero-order valence-electron chi connectivity index (χ0n) is 11.7. The number of benzene rings is 1. The van der Waals surface area contributed by atoms with Gasteiger partial charge in [-0.25, -0.2) is 0 Å². The third kappa shape index (κ3) is 6.42. The highest BCUT2D eigenvalue weighted by Crippen LogP contribution is 2.10. The molecule has 0 bridgehead atoms. The predicted octanol–water partition coefficient (Wildman–Crippen LogP) is 0.406. The van der Waals surface area contributed by atoms with Gasteiger partial charge in [0.15, 0.2) is 0 Å². The highest BCUT2D eigenvalue weighted by atomic mass is 16.5. The van der Waals surface area contributed by atoms with Gasteiger partial charge in [0.1, 0.15) is 5.75 Å². The molecular weight excluding hydrogens is 276 g/mol. The van der Waals surface area contributed by atoms with E-state index in [9.17, 15) is 14.4 Å². The topological polar surface area (TPSA) is 105 Å². The maximum atomic E-state index is 11.8. The number of carbonyl (C=O) groups is 3. The zero-order valence-corrected chi connectivity index (χ0v) is 11.7. The van der Waals surface area contributed by atoms with Crippen molar-refractivity contribution >= 4 is 17.8 Å². The Kier molecular flexibility index (Phi) is 6.73. The lowest BCUT2D eigenvalue weighted by molar-refractivity contribution is -0.136. The number of nitrogens with one attached hydrogen (secondary N) is 2. The normalized spacial score (nSPS) is 9.76. The van der Waals surface area contributed by atoms with Crippen molar-refractivity contribution in [3.63, 3.8) is 0 Å². The van der Waals surface area contributed by atoms with Crippen LogP contribution in [0.3, 0.4) is 0 Å². The average molecular weight is 294 g/mol. The fraction of sp³-hybridized carbons (Fsp3) is 0.357. The second kappa shape index (κ2) is 8.57. The molecule has 7 heteroatoms. The molecule has 0 atom stereocenters. The average Bonchev–Trinajstić information content (AvgIpc) is 2.46. The van der Waals surface area contributed by atoms with Gasteiger partial charge in [0.05, 0.1) is 13.5 Å². The van der Waals surface area contributed by atoms with Crippen LogP contribution in [0.25, 0.3) is 0 Å². The molecule has 0 aliphatic rings. The Labute approximate surface area is 122 Å². The first-order valence-electron chi connectivity index (χ1n) is 6.43. The lowest BCUT2D eigenvalue weighted by Gasteiger charge is -2.06. The number of carboxylic acids is 1. The van der Waals surface area contributed by atoms with Crippen molar-refractivity contribution in [2.45, 2.75) is 12.8 Å². The first-order valence-corrected chi connectivity index (χ1v) is 6.43. The molecule has 0 aromatic heterocycles. The summed E-state index contributed by atoms with van der Waals surface area (Å²) in [6, 6.07) is 6.60. The summed E-state index contributed by atoms with van der Waals surface area (Å²) < 4.78 is 4.99. The number of aliphatic carboxylic acids is 1. The van der Waals surface area contributed by atoms with E-state index >= 15 is 0 Å². The molecular formula is C14H18N2O5. The smallest absolute Gasteiger partial charge is 0.305 e. The molecule has 21 heavy (non-hydrogen) atoms.